The van der Waals surface area contributed by atoms with Crippen molar-refractivity contribution in [3.8, 4) is 5.75 Å². The van der Waals surface area contributed by atoms with Crippen LogP contribution in [-0.2, 0) is 19.3 Å². The molecule has 0 bridgehead atoms. The summed E-state index contributed by atoms with van der Waals surface area (Å²) in [5.74, 6) is -0.492. The monoisotopic (exact) mass is 417 g/mol. The first-order valence-electron chi connectivity index (χ1n) is 9.86. The molecule has 0 amide bonds. The third-order valence-corrected chi connectivity index (χ3v) is 5.20. The zero-order valence-electron chi connectivity index (χ0n) is 16.3. The summed E-state index contributed by atoms with van der Waals surface area (Å²) in [6.45, 7) is 2.84. The van der Waals surface area contributed by atoms with Gasteiger partial charge >= 0.3 is 12.1 Å². The Bertz CT molecular complexity index is 934. The number of hydrogen-bond acceptors (Lipinski definition) is 5. The van der Waals surface area contributed by atoms with Crippen molar-refractivity contribution in [2.24, 2.45) is 0 Å². The topological polar surface area (TPSA) is 51.4 Å². The minimum absolute atomic E-state index is 0.0851. The predicted octanol–water partition coefficient (Wildman–Crippen LogP) is 5.05. The molecule has 158 valence electrons. The van der Waals surface area contributed by atoms with E-state index in [1.165, 1.54) is 0 Å². The first-order chi connectivity index (χ1) is 14.5. The minimum Gasteiger partial charge on any atom is -0.489 e. The third-order valence-electron chi connectivity index (χ3n) is 5.20. The first kappa shape index (κ1) is 20.4. The van der Waals surface area contributed by atoms with Crippen molar-refractivity contribution in [1.29, 1.82) is 0 Å². The van der Waals surface area contributed by atoms with Crippen LogP contribution in [-0.4, -0.2) is 28.2 Å². The lowest BCUT2D eigenvalue weighted by Gasteiger charge is -2.30. The van der Waals surface area contributed by atoms with Crippen LogP contribution in [0.2, 0.25) is 0 Å². The van der Waals surface area contributed by atoms with Gasteiger partial charge in [-0.2, -0.15) is 13.2 Å². The molecule has 5 nitrogen and oxygen atoms in total. The molecule has 1 saturated heterocycles. The van der Waals surface area contributed by atoms with E-state index in [4.69, 9.17) is 9.15 Å². The van der Waals surface area contributed by atoms with Gasteiger partial charge in [0.2, 0.25) is 5.89 Å². The second-order valence-corrected chi connectivity index (χ2v) is 7.41. The van der Waals surface area contributed by atoms with Crippen LogP contribution in [0.15, 0.2) is 59.0 Å². The van der Waals surface area contributed by atoms with Gasteiger partial charge in [0.1, 0.15) is 12.4 Å². The van der Waals surface area contributed by atoms with Gasteiger partial charge in [0.15, 0.2) is 0 Å². The average molecular weight is 417 g/mol. The number of likely N-dealkylation sites (tertiary alicyclic amines) is 1. The fraction of sp³-hybridized carbons (Fsp3) is 0.364. The van der Waals surface area contributed by atoms with E-state index in [-0.39, 0.29) is 11.8 Å². The molecular weight excluding hydrogens is 395 g/mol. The Hall–Kier alpha value is -2.87. The molecular formula is C22H22F3N3O2. The van der Waals surface area contributed by atoms with E-state index >= 15 is 0 Å². The normalized spacial score (nSPS) is 16.0. The Morgan fingerprint density at radius 3 is 2.27 bits per heavy atom. The molecule has 1 aliphatic heterocycles. The van der Waals surface area contributed by atoms with E-state index < -0.39 is 12.1 Å². The van der Waals surface area contributed by atoms with E-state index in [1.54, 1.807) is 0 Å². The zero-order chi connectivity index (χ0) is 21.0. The molecule has 1 aliphatic rings. The predicted molar refractivity (Wildman–Crippen MR) is 104 cm³/mol. The SMILES string of the molecule is FC(F)(F)c1nnc(C2CCN(Cc3ccc(OCc4ccccc4)cc3)CC2)o1. The molecule has 0 N–H and O–H groups in total. The number of halogens is 3. The van der Waals surface area contributed by atoms with Crippen molar-refractivity contribution in [2.45, 2.75) is 38.1 Å². The van der Waals surface area contributed by atoms with E-state index in [1.807, 2.05) is 54.6 Å². The maximum Gasteiger partial charge on any atom is 0.470 e. The maximum absolute atomic E-state index is 12.6. The van der Waals surface area contributed by atoms with Gasteiger partial charge < -0.3 is 9.15 Å². The molecule has 0 spiro atoms. The van der Waals surface area contributed by atoms with Crippen molar-refractivity contribution in [3.05, 3.63) is 77.5 Å². The van der Waals surface area contributed by atoms with Crippen molar-refractivity contribution in [1.82, 2.24) is 15.1 Å². The van der Waals surface area contributed by atoms with Gasteiger partial charge in [-0.05, 0) is 49.2 Å². The highest BCUT2D eigenvalue weighted by atomic mass is 19.4. The molecule has 2 heterocycles. The van der Waals surface area contributed by atoms with Gasteiger partial charge in [-0.3, -0.25) is 4.90 Å². The molecule has 0 radical (unpaired) electrons. The van der Waals surface area contributed by atoms with Crippen molar-refractivity contribution < 1.29 is 22.3 Å². The van der Waals surface area contributed by atoms with Crippen LogP contribution in [0.5, 0.6) is 5.75 Å². The van der Waals surface area contributed by atoms with Gasteiger partial charge in [0.05, 0.1) is 0 Å². The van der Waals surface area contributed by atoms with Gasteiger partial charge in [0.25, 0.3) is 0 Å². The lowest BCUT2D eigenvalue weighted by molar-refractivity contribution is -0.157. The van der Waals surface area contributed by atoms with Crippen LogP contribution in [0, 0.1) is 0 Å². The Kier molecular flexibility index (Phi) is 6.03. The minimum atomic E-state index is -4.59. The largest absolute Gasteiger partial charge is 0.489 e. The van der Waals surface area contributed by atoms with Crippen molar-refractivity contribution in [2.75, 3.05) is 13.1 Å². The van der Waals surface area contributed by atoms with Crippen LogP contribution < -0.4 is 4.74 Å². The molecule has 0 aliphatic carbocycles. The summed E-state index contributed by atoms with van der Waals surface area (Å²) in [6, 6.07) is 18.0. The summed E-state index contributed by atoms with van der Waals surface area (Å²) in [6.07, 6.45) is -3.21. The fourth-order valence-corrected chi connectivity index (χ4v) is 3.54. The van der Waals surface area contributed by atoms with Gasteiger partial charge in [-0.15, -0.1) is 10.2 Å². The Morgan fingerprint density at radius 1 is 0.933 bits per heavy atom. The number of rotatable bonds is 6. The molecule has 1 fully saturated rings. The molecule has 0 atom stereocenters. The summed E-state index contributed by atoms with van der Waals surface area (Å²) >= 11 is 0. The molecule has 4 rings (SSSR count). The number of aromatic nitrogens is 2. The Balaban J connectivity index is 1.25. The van der Waals surface area contributed by atoms with E-state index in [2.05, 4.69) is 15.1 Å². The molecule has 30 heavy (non-hydrogen) atoms. The van der Waals surface area contributed by atoms with Gasteiger partial charge in [-0.25, -0.2) is 0 Å². The number of piperidine rings is 1. The molecule has 2 aromatic carbocycles. The summed E-state index contributed by atoms with van der Waals surface area (Å²) in [5, 5.41) is 6.72. The third kappa shape index (κ3) is 5.18. The smallest absolute Gasteiger partial charge is 0.470 e. The molecule has 1 aromatic heterocycles. The van der Waals surface area contributed by atoms with Crippen LogP contribution in [0.25, 0.3) is 0 Å². The number of benzene rings is 2. The summed E-state index contributed by atoms with van der Waals surface area (Å²) in [7, 11) is 0. The molecule has 0 saturated carbocycles. The fourth-order valence-electron chi connectivity index (χ4n) is 3.54. The zero-order valence-corrected chi connectivity index (χ0v) is 16.3. The van der Waals surface area contributed by atoms with Crippen LogP contribution >= 0.6 is 0 Å². The number of nitrogens with zero attached hydrogens (tertiary/aromatic N) is 3. The van der Waals surface area contributed by atoms with E-state index in [0.717, 1.165) is 36.5 Å². The summed E-state index contributed by atoms with van der Waals surface area (Å²) in [4.78, 5) is 2.28. The van der Waals surface area contributed by atoms with Crippen LogP contribution in [0.4, 0.5) is 13.2 Å². The molecule has 8 heteroatoms. The highest BCUT2D eigenvalue weighted by molar-refractivity contribution is 5.28. The van der Waals surface area contributed by atoms with Crippen molar-refractivity contribution >= 4 is 0 Å². The van der Waals surface area contributed by atoms with Gasteiger partial charge in [-0.1, -0.05) is 42.5 Å². The molecule has 3 aromatic rings. The quantitative estimate of drug-likeness (QED) is 0.562. The summed E-state index contributed by atoms with van der Waals surface area (Å²) < 4.78 is 48.5. The number of alkyl halides is 3. The van der Waals surface area contributed by atoms with E-state index in [9.17, 15) is 13.2 Å². The maximum atomic E-state index is 12.6. The lowest BCUT2D eigenvalue weighted by Crippen LogP contribution is -2.32. The Morgan fingerprint density at radius 2 is 1.63 bits per heavy atom. The summed E-state index contributed by atoms with van der Waals surface area (Å²) in [5.41, 5.74) is 2.28. The van der Waals surface area contributed by atoms with Gasteiger partial charge in [0, 0.05) is 12.5 Å². The highest BCUT2D eigenvalue weighted by Crippen LogP contribution is 2.32. The Labute approximate surface area is 172 Å². The second-order valence-electron chi connectivity index (χ2n) is 7.41. The first-order valence-corrected chi connectivity index (χ1v) is 9.86. The highest BCUT2D eigenvalue weighted by Gasteiger charge is 2.39. The van der Waals surface area contributed by atoms with Crippen LogP contribution in [0.3, 0.4) is 0 Å². The molecule has 0 unspecified atom stereocenters. The lowest BCUT2D eigenvalue weighted by atomic mass is 9.96. The van der Waals surface area contributed by atoms with Crippen LogP contribution in [0.1, 0.15) is 41.7 Å². The van der Waals surface area contributed by atoms with E-state index in [0.29, 0.717) is 19.4 Å². The van der Waals surface area contributed by atoms with Crippen molar-refractivity contribution in [3.63, 3.8) is 0 Å². The second kappa shape index (κ2) is 8.87. The average Bonchev–Trinajstić information content (AvgIpc) is 3.26. The number of ether oxygens (including phenoxy) is 1. The number of hydrogen-bond donors (Lipinski definition) is 0. The standard InChI is InChI=1S/C22H22F3N3O2/c23-22(24,25)21-27-26-20(30-21)18-10-12-28(13-11-18)14-16-6-8-19(9-7-16)29-15-17-4-2-1-3-5-17/h1-9,18H,10-15H2.